The first-order valence-electron chi connectivity index (χ1n) is 7.51. The first-order valence-corrected chi connectivity index (χ1v) is 7.51. The Morgan fingerprint density at radius 3 is 2.50 bits per heavy atom. The van der Waals surface area contributed by atoms with Gasteiger partial charge in [-0.15, -0.1) is 0 Å². The minimum absolute atomic E-state index is 0.0184. The topological polar surface area (TPSA) is 30.5 Å². The van der Waals surface area contributed by atoms with Crippen LogP contribution in [0.4, 0.5) is 0 Å². The van der Waals surface area contributed by atoms with Gasteiger partial charge in [-0.3, -0.25) is 0 Å². The molecule has 2 rings (SSSR count). The van der Waals surface area contributed by atoms with Crippen LogP contribution in [0, 0.1) is 11.8 Å². The van der Waals surface area contributed by atoms with Crippen molar-refractivity contribution in [1.29, 1.82) is 0 Å². The summed E-state index contributed by atoms with van der Waals surface area (Å²) >= 11 is 0. The minimum Gasteiger partial charge on any atom is -0.381 e. The van der Waals surface area contributed by atoms with E-state index in [1.165, 1.54) is 19.3 Å². The maximum atomic E-state index is 5.78. The Morgan fingerprint density at radius 1 is 1.17 bits per heavy atom. The van der Waals surface area contributed by atoms with Crippen LogP contribution in [-0.2, 0) is 9.47 Å². The van der Waals surface area contributed by atoms with Crippen LogP contribution < -0.4 is 5.32 Å². The lowest BCUT2D eigenvalue weighted by Crippen LogP contribution is -2.50. The third kappa shape index (κ3) is 3.46. The highest BCUT2D eigenvalue weighted by atomic mass is 16.5. The van der Waals surface area contributed by atoms with Crippen LogP contribution in [0.1, 0.15) is 46.0 Å². The zero-order valence-corrected chi connectivity index (χ0v) is 12.2. The van der Waals surface area contributed by atoms with Crippen LogP contribution in [0.25, 0.3) is 0 Å². The molecule has 1 heterocycles. The van der Waals surface area contributed by atoms with Gasteiger partial charge < -0.3 is 14.8 Å². The van der Waals surface area contributed by atoms with Gasteiger partial charge in [-0.1, -0.05) is 13.8 Å². The maximum Gasteiger partial charge on any atom is 0.0846 e. The molecule has 2 aliphatic rings. The predicted octanol–water partition coefficient (Wildman–Crippen LogP) is 2.60. The average molecular weight is 255 g/mol. The Labute approximate surface area is 112 Å². The molecule has 1 saturated heterocycles. The molecule has 1 saturated carbocycles. The van der Waals surface area contributed by atoms with Crippen LogP contribution in [0.2, 0.25) is 0 Å². The standard InChI is InChI=1S/C15H29NO2/c1-12-4-5-14(10-13(12)2)16-11-15(17-3)6-8-18-9-7-15/h12-14,16H,4-11H2,1-3H3/t12-,13-,14+/m0/s1. The van der Waals surface area contributed by atoms with Gasteiger partial charge in [0.1, 0.15) is 0 Å². The van der Waals surface area contributed by atoms with Gasteiger partial charge in [0.15, 0.2) is 0 Å². The molecule has 0 unspecified atom stereocenters. The van der Waals surface area contributed by atoms with Crippen LogP contribution in [0.5, 0.6) is 0 Å². The summed E-state index contributed by atoms with van der Waals surface area (Å²) in [4.78, 5) is 0. The van der Waals surface area contributed by atoms with Gasteiger partial charge in [-0.25, -0.2) is 0 Å². The Kier molecular flexibility index (Phi) is 5.05. The molecule has 0 aromatic rings. The molecule has 0 aromatic heterocycles. The summed E-state index contributed by atoms with van der Waals surface area (Å²) < 4.78 is 11.2. The van der Waals surface area contributed by atoms with E-state index >= 15 is 0 Å². The number of hydrogen-bond donors (Lipinski definition) is 1. The molecule has 0 radical (unpaired) electrons. The van der Waals surface area contributed by atoms with E-state index in [9.17, 15) is 0 Å². The highest BCUT2D eigenvalue weighted by molar-refractivity contribution is 4.88. The first kappa shape index (κ1) is 14.3. The number of methoxy groups -OCH3 is 1. The summed E-state index contributed by atoms with van der Waals surface area (Å²) in [6.45, 7) is 7.44. The molecule has 0 spiro atoms. The maximum absolute atomic E-state index is 5.78. The highest BCUT2D eigenvalue weighted by Gasteiger charge is 2.33. The molecule has 2 fully saturated rings. The van der Waals surface area contributed by atoms with E-state index in [0.717, 1.165) is 44.4 Å². The molecule has 1 N–H and O–H groups in total. The van der Waals surface area contributed by atoms with E-state index in [1.54, 1.807) is 0 Å². The van der Waals surface area contributed by atoms with Crippen molar-refractivity contribution in [2.75, 3.05) is 26.9 Å². The molecule has 18 heavy (non-hydrogen) atoms. The summed E-state index contributed by atoms with van der Waals surface area (Å²) in [5.74, 6) is 1.74. The fraction of sp³-hybridized carbons (Fsp3) is 1.00. The Morgan fingerprint density at radius 2 is 1.89 bits per heavy atom. The third-order valence-corrected chi connectivity index (χ3v) is 5.15. The highest BCUT2D eigenvalue weighted by Crippen LogP contribution is 2.30. The number of nitrogens with one attached hydrogen (secondary N) is 1. The minimum atomic E-state index is 0.0184. The van der Waals surface area contributed by atoms with E-state index < -0.39 is 0 Å². The lowest BCUT2D eigenvalue weighted by molar-refractivity contribution is -0.0893. The summed E-state index contributed by atoms with van der Waals surface area (Å²) in [6.07, 6.45) is 6.05. The van der Waals surface area contributed by atoms with E-state index in [0.29, 0.717) is 6.04 Å². The summed E-state index contributed by atoms with van der Waals surface area (Å²) in [5.41, 5.74) is 0.0184. The molecule has 1 aliphatic heterocycles. The van der Waals surface area contributed by atoms with Gasteiger partial charge in [0, 0.05) is 45.8 Å². The number of hydrogen-bond acceptors (Lipinski definition) is 3. The molecule has 3 atom stereocenters. The number of ether oxygens (including phenoxy) is 2. The molecule has 3 heteroatoms. The van der Waals surface area contributed by atoms with E-state index in [1.807, 2.05) is 7.11 Å². The summed E-state index contributed by atoms with van der Waals surface area (Å²) in [6, 6.07) is 0.686. The van der Waals surface area contributed by atoms with Crippen molar-refractivity contribution < 1.29 is 9.47 Å². The van der Waals surface area contributed by atoms with Crippen LogP contribution >= 0.6 is 0 Å². The molecule has 3 nitrogen and oxygen atoms in total. The Bertz CT molecular complexity index is 251. The van der Waals surface area contributed by atoms with E-state index in [2.05, 4.69) is 19.2 Å². The molecule has 0 amide bonds. The van der Waals surface area contributed by atoms with Crippen LogP contribution in [0.15, 0.2) is 0 Å². The SMILES string of the molecule is COC1(CN[C@@H]2CC[C@H](C)[C@@H](C)C2)CCOCC1. The van der Waals surface area contributed by atoms with Gasteiger partial charge in [0.05, 0.1) is 5.60 Å². The normalized spacial score (nSPS) is 36.5. The van der Waals surface area contributed by atoms with E-state index in [4.69, 9.17) is 9.47 Å². The van der Waals surface area contributed by atoms with Crippen molar-refractivity contribution in [1.82, 2.24) is 5.32 Å². The number of rotatable bonds is 4. The fourth-order valence-corrected chi connectivity index (χ4v) is 3.26. The Hall–Kier alpha value is -0.120. The van der Waals surface area contributed by atoms with Crippen molar-refractivity contribution in [3.63, 3.8) is 0 Å². The van der Waals surface area contributed by atoms with Gasteiger partial charge in [0.2, 0.25) is 0 Å². The van der Waals surface area contributed by atoms with Gasteiger partial charge in [0.25, 0.3) is 0 Å². The predicted molar refractivity (Wildman–Crippen MR) is 73.8 cm³/mol. The van der Waals surface area contributed by atoms with Gasteiger partial charge >= 0.3 is 0 Å². The Balaban J connectivity index is 1.79. The smallest absolute Gasteiger partial charge is 0.0846 e. The zero-order valence-electron chi connectivity index (χ0n) is 12.2. The molecule has 0 bridgehead atoms. The second kappa shape index (κ2) is 6.36. The molecule has 106 valence electrons. The van der Waals surface area contributed by atoms with Crippen molar-refractivity contribution in [2.45, 2.75) is 57.6 Å². The van der Waals surface area contributed by atoms with Crippen molar-refractivity contribution >= 4 is 0 Å². The van der Waals surface area contributed by atoms with Crippen molar-refractivity contribution in [3.8, 4) is 0 Å². The molecule has 0 aromatic carbocycles. The van der Waals surface area contributed by atoms with Gasteiger partial charge in [-0.05, 0) is 31.1 Å². The third-order valence-electron chi connectivity index (χ3n) is 5.15. The molecular weight excluding hydrogens is 226 g/mol. The monoisotopic (exact) mass is 255 g/mol. The zero-order chi connectivity index (χ0) is 13.0. The summed E-state index contributed by atoms with van der Waals surface area (Å²) in [5, 5.41) is 3.75. The van der Waals surface area contributed by atoms with Gasteiger partial charge in [-0.2, -0.15) is 0 Å². The van der Waals surface area contributed by atoms with Crippen molar-refractivity contribution in [3.05, 3.63) is 0 Å². The van der Waals surface area contributed by atoms with Crippen molar-refractivity contribution in [2.24, 2.45) is 11.8 Å². The lowest BCUT2D eigenvalue weighted by atomic mass is 9.79. The quantitative estimate of drug-likeness (QED) is 0.837. The molecule has 1 aliphatic carbocycles. The second-order valence-electron chi connectivity index (χ2n) is 6.34. The average Bonchev–Trinajstić information content (AvgIpc) is 2.41. The summed E-state index contributed by atoms with van der Waals surface area (Å²) in [7, 11) is 1.85. The molecular formula is C15H29NO2. The lowest BCUT2D eigenvalue weighted by Gasteiger charge is -2.39. The van der Waals surface area contributed by atoms with Crippen LogP contribution in [-0.4, -0.2) is 38.5 Å². The second-order valence-corrected chi connectivity index (χ2v) is 6.34. The largest absolute Gasteiger partial charge is 0.381 e. The van der Waals surface area contributed by atoms with E-state index in [-0.39, 0.29) is 5.60 Å². The van der Waals surface area contributed by atoms with Crippen LogP contribution in [0.3, 0.4) is 0 Å². The first-order chi connectivity index (χ1) is 8.65. The fourth-order valence-electron chi connectivity index (χ4n) is 3.26.